The van der Waals surface area contributed by atoms with E-state index in [1.54, 1.807) is 24.3 Å². The molecule has 4 heteroatoms. The number of carboxylic acids is 1. The Morgan fingerprint density at radius 1 is 1.33 bits per heavy atom. The average Bonchev–Trinajstić information content (AvgIpc) is 2.50. The Morgan fingerprint density at radius 3 is 2.76 bits per heavy atom. The first kappa shape index (κ1) is 15.8. The van der Waals surface area contributed by atoms with Gasteiger partial charge in [0.05, 0.1) is 5.56 Å². The second kappa shape index (κ2) is 8.03. The summed E-state index contributed by atoms with van der Waals surface area (Å²) < 4.78 is 5.74. The number of benzene rings is 1. The summed E-state index contributed by atoms with van der Waals surface area (Å²) in [5.74, 6) is -0.165. The van der Waals surface area contributed by atoms with Crippen molar-refractivity contribution < 1.29 is 14.6 Å². The molecule has 1 atom stereocenters. The Balaban J connectivity index is 1.78. The van der Waals surface area contributed by atoms with E-state index in [4.69, 9.17) is 9.84 Å². The molecule has 1 aromatic rings. The van der Waals surface area contributed by atoms with E-state index in [2.05, 4.69) is 11.8 Å². The molecule has 1 N–H and O–H groups in total. The van der Waals surface area contributed by atoms with Gasteiger partial charge in [0, 0.05) is 12.6 Å². The molecule has 4 nitrogen and oxygen atoms in total. The first-order valence-corrected chi connectivity index (χ1v) is 7.91. The minimum Gasteiger partial charge on any atom is -0.492 e. The summed E-state index contributed by atoms with van der Waals surface area (Å²) in [4.78, 5) is 13.3. The van der Waals surface area contributed by atoms with Crippen LogP contribution in [0.5, 0.6) is 5.75 Å². The van der Waals surface area contributed by atoms with E-state index in [1.165, 1.54) is 38.6 Å². The van der Waals surface area contributed by atoms with Crippen LogP contribution in [0.2, 0.25) is 0 Å². The maximum atomic E-state index is 10.8. The zero-order valence-electron chi connectivity index (χ0n) is 12.8. The van der Waals surface area contributed by atoms with E-state index in [9.17, 15) is 4.79 Å². The van der Waals surface area contributed by atoms with Crippen molar-refractivity contribution in [3.8, 4) is 5.75 Å². The van der Waals surface area contributed by atoms with Crippen molar-refractivity contribution in [2.75, 3.05) is 19.7 Å². The van der Waals surface area contributed by atoms with E-state index in [1.807, 2.05) is 0 Å². The third-order valence-corrected chi connectivity index (χ3v) is 4.12. The van der Waals surface area contributed by atoms with E-state index < -0.39 is 5.97 Å². The van der Waals surface area contributed by atoms with E-state index in [0.717, 1.165) is 12.3 Å². The molecule has 0 aromatic heterocycles. The summed E-state index contributed by atoms with van der Waals surface area (Å²) in [5.41, 5.74) is 0.293. The van der Waals surface area contributed by atoms with Crippen LogP contribution >= 0.6 is 0 Å². The number of carbonyl (C=O) groups is 1. The molecule has 1 unspecified atom stereocenters. The highest BCUT2D eigenvalue weighted by molar-refractivity contribution is 5.87. The molecule has 1 heterocycles. The Morgan fingerprint density at radius 2 is 2.10 bits per heavy atom. The quantitative estimate of drug-likeness (QED) is 0.836. The van der Waals surface area contributed by atoms with Gasteiger partial charge in [0.15, 0.2) is 0 Å². The predicted molar refractivity (Wildman–Crippen MR) is 83.0 cm³/mol. The van der Waals surface area contributed by atoms with E-state index in [-0.39, 0.29) is 0 Å². The molecule has 21 heavy (non-hydrogen) atoms. The summed E-state index contributed by atoms with van der Waals surface area (Å²) in [6.07, 6.45) is 6.44. The molecule has 0 saturated carbocycles. The Kier molecular flexibility index (Phi) is 6.05. The molecule has 116 valence electrons. The van der Waals surface area contributed by atoms with Gasteiger partial charge in [-0.2, -0.15) is 0 Å². The molecule has 1 aliphatic heterocycles. The van der Waals surface area contributed by atoms with E-state index >= 15 is 0 Å². The Hall–Kier alpha value is -1.55. The molecule has 0 radical (unpaired) electrons. The fraction of sp³-hybridized carbons (Fsp3) is 0.588. The van der Waals surface area contributed by atoms with Crippen LogP contribution in [0.3, 0.4) is 0 Å². The number of carboxylic acid groups (broad SMARTS) is 1. The van der Waals surface area contributed by atoms with Gasteiger partial charge in [-0.3, -0.25) is 4.90 Å². The predicted octanol–water partition coefficient (Wildman–Crippen LogP) is 3.42. The van der Waals surface area contributed by atoms with Crippen molar-refractivity contribution in [1.29, 1.82) is 0 Å². The van der Waals surface area contributed by atoms with Crippen LogP contribution in [0.25, 0.3) is 0 Å². The highest BCUT2D eigenvalue weighted by Crippen LogP contribution is 2.20. The normalized spacial score (nSPS) is 19.4. The lowest BCUT2D eigenvalue weighted by Crippen LogP contribution is -2.41. The van der Waals surface area contributed by atoms with Gasteiger partial charge in [-0.05, 0) is 50.1 Å². The molecule has 2 rings (SSSR count). The topological polar surface area (TPSA) is 49.8 Å². The molecular weight excluding hydrogens is 266 g/mol. The third kappa shape index (κ3) is 4.74. The van der Waals surface area contributed by atoms with Gasteiger partial charge in [0.1, 0.15) is 12.4 Å². The van der Waals surface area contributed by atoms with Gasteiger partial charge in [0.25, 0.3) is 0 Å². The lowest BCUT2D eigenvalue weighted by Gasteiger charge is -2.35. The minimum atomic E-state index is -0.905. The first-order chi connectivity index (χ1) is 10.2. The van der Waals surface area contributed by atoms with Crippen molar-refractivity contribution in [3.05, 3.63) is 29.8 Å². The first-order valence-electron chi connectivity index (χ1n) is 7.91. The van der Waals surface area contributed by atoms with Crippen LogP contribution in [0, 0.1) is 0 Å². The van der Waals surface area contributed by atoms with Gasteiger partial charge in [0.2, 0.25) is 0 Å². The smallest absolute Gasteiger partial charge is 0.335 e. The van der Waals surface area contributed by atoms with Crippen molar-refractivity contribution in [2.24, 2.45) is 0 Å². The van der Waals surface area contributed by atoms with E-state index in [0.29, 0.717) is 18.2 Å². The van der Waals surface area contributed by atoms with Crippen LogP contribution in [0.1, 0.15) is 49.4 Å². The monoisotopic (exact) mass is 291 g/mol. The van der Waals surface area contributed by atoms with Gasteiger partial charge in [-0.15, -0.1) is 0 Å². The lowest BCUT2D eigenvalue weighted by molar-refractivity contribution is 0.0697. The SMILES string of the molecule is CCCC1CCCCN1CCOc1ccc(C(=O)O)cc1. The van der Waals surface area contributed by atoms with Gasteiger partial charge in [-0.1, -0.05) is 19.8 Å². The number of aromatic carboxylic acids is 1. The molecule has 0 spiro atoms. The zero-order valence-corrected chi connectivity index (χ0v) is 12.8. The summed E-state index contributed by atoms with van der Waals surface area (Å²) >= 11 is 0. The highest BCUT2D eigenvalue weighted by atomic mass is 16.5. The molecule has 0 aliphatic carbocycles. The average molecular weight is 291 g/mol. The number of hydrogen-bond donors (Lipinski definition) is 1. The van der Waals surface area contributed by atoms with Crippen LogP contribution < -0.4 is 4.74 Å². The molecule has 1 fully saturated rings. The van der Waals surface area contributed by atoms with Gasteiger partial charge in [-0.25, -0.2) is 4.79 Å². The van der Waals surface area contributed by atoms with Crippen molar-refractivity contribution in [1.82, 2.24) is 4.90 Å². The van der Waals surface area contributed by atoms with Gasteiger partial charge < -0.3 is 9.84 Å². The fourth-order valence-corrected chi connectivity index (χ4v) is 2.99. The largest absolute Gasteiger partial charge is 0.492 e. The standard InChI is InChI=1S/C17H25NO3/c1-2-5-15-6-3-4-11-18(15)12-13-21-16-9-7-14(8-10-16)17(19)20/h7-10,15H,2-6,11-13H2,1H3,(H,19,20). The molecule has 1 aromatic carbocycles. The summed E-state index contributed by atoms with van der Waals surface area (Å²) in [7, 11) is 0. The summed E-state index contributed by atoms with van der Waals surface area (Å²) in [5, 5.41) is 8.85. The second-order valence-electron chi connectivity index (χ2n) is 5.65. The van der Waals surface area contributed by atoms with Crippen LogP contribution in [0.15, 0.2) is 24.3 Å². The Bertz CT molecular complexity index is 442. The second-order valence-corrected chi connectivity index (χ2v) is 5.65. The molecular formula is C17H25NO3. The summed E-state index contributed by atoms with van der Waals surface area (Å²) in [6.45, 7) is 5.03. The number of likely N-dealkylation sites (tertiary alicyclic amines) is 1. The van der Waals surface area contributed by atoms with Crippen LogP contribution in [0.4, 0.5) is 0 Å². The van der Waals surface area contributed by atoms with Crippen LogP contribution in [-0.4, -0.2) is 41.7 Å². The fourth-order valence-electron chi connectivity index (χ4n) is 2.99. The van der Waals surface area contributed by atoms with Gasteiger partial charge >= 0.3 is 5.97 Å². The molecule has 1 aliphatic rings. The zero-order chi connectivity index (χ0) is 15.1. The molecule has 1 saturated heterocycles. The number of ether oxygens (including phenoxy) is 1. The molecule has 0 bridgehead atoms. The van der Waals surface area contributed by atoms with Crippen molar-refractivity contribution >= 4 is 5.97 Å². The maximum absolute atomic E-state index is 10.8. The minimum absolute atomic E-state index is 0.293. The maximum Gasteiger partial charge on any atom is 0.335 e. The highest BCUT2D eigenvalue weighted by Gasteiger charge is 2.20. The lowest BCUT2D eigenvalue weighted by atomic mass is 9.98. The van der Waals surface area contributed by atoms with Crippen molar-refractivity contribution in [2.45, 2.75) is 45.1 Å². The van der Waals surface area contributed by atoms with Crippen molar-refractivity contribution in [3.63, 3.8) is 0 Å². The number of nitrogens with zero attached hydrogens (tertiary/aromatic N) is 1. The number of rotatable bonds is 7. The number of hydrogen-bond acceptors (Lipinski definition) is 3. The molecule has 0 amide bonds. The number of piperidine rings is 1. The summed E-state index contributed by atoms with van der Waals surface area (Å²) in [6, 6.07) is 7.32. The van der Waals surface area contributed by atoms with Crippen LogP contribution in [-0.2, 0) is 0 Å². The third-order valence-electron chi connectivity index (χ3n) is 4.12. The Labute approximate surface area is 126 Å².